The van der Waals surface area contributed by atoms with Gasteiger partial charge in [-0.3, -0.25) is 4.68 Å². The van der Waals surface area contributed by atoms with E-state index in [1.54, 1.807) is 0 Å². The zero-order valence-corrected chi connectivity index (χ0v) is 12.8. The molecule has 1 saturated heterocycles. The van der Waals surface area contributed by atoms with Gasteiger partial charge in [0.2, 0.25) is 0 Å². The lowest BCUT2D eigenvalue weighted by Crippen LogP contribution is -2.35. The highest BCUT2D eigenvalue weighted by Crippen LogP contribution is 2.41. The summed E-state index contributed by atoms with van der Waals surface area (Å²) in [6, 6.07) is 0. The zero-order chi connectivity index (χ0) is 13.2. The molecule has 0 spiro atoms. The van der Waals surface area contributed by atoms with Gasteiger partial charge in [0.25, 0.3) is 0 Å². The number of aryl methyl sites for hydroxylation is 2. The fraction of sp³-hybridized carbons (Fsp3) is 0.769. The SMILES string of the molecule is CCc1nn(CC)c(CC2(CN)CCCS2)c1Cl. The van der Waals surface area contributed by atoms with Gasteiger partial charge in [-0.15, -0.1) is 0 Å². The Morgan fingerprint density at radius 3 is 2.78 bits per heavy atom. The molecule has 0 aromatic carbocycles. The smallest absolute Gasteiger partial charge is 0.0850 e. The van der Waals surface area contributed by atoms with Crippen molar-refractivity contribution in [2.24, 2.45) is 5.73 Å². The van der Waals surface area contributed by atoms with Gasteiger partial charge in [0, 0.05) is 24.3 Å². The van der Waals surface area contributed by atoms with Crippen molar-refractivity contribution >= 4 is 23.4 Å². The van der Waals surface area contributed by atoms with E-state index in [0.29, 0.717) is 0 Å². The highest BCUT2D eigenvalue weighted by atomic mass is 35.5. The largest absolute Gasteiger partial charge is 0.329 e. The lowest BCUT2D eigenvalue weighted by molar-refractivity contribution is 0.525. The van der Waals surface area contributed by atoms with E-state index in [2.05, 4.69) is 23.6 Å². The van der Waals surface area contributed by atoms with Crippen LogP contribution in [-0.4, -0.2) is 26.8 Å². The second kappa shape index (κ2) is 5.85. The van der Waals surface area contributed by atoms with Crippen LogP contribution >= 0.6 is 23.4 Å². The Hall–Kier alpha value is -0.190. The summed E-state index contributed by atoms with van der Waals surface area (Å²) in [5.74, 6) is 1.22. The molecule has 5 heteroatoms. The number of thioether (sulfide) groups is 1. The zero-order valence-electron chi connectivity index (χ0n) is 11.2. The van der Waals surface area contributed by atoms with Crippen LogP contribution in [0.1, 0.15) is 38.1 Å². The molecular formula is C13H22ClN3S. The first kappa shape index (κ1) is 14.2. The molecule has 1 aliphatic rings. The van der Waals surface area contributed by atoms with Crippen LogP contribution in [0, 0.1) is 0 Å². The summed E-state index contributed by atoms with van der Waals surface area (Å²) in [5.41, 5.74) is 8.20. The summed E-state index contributed by atoms with van der Waals surface area (Å²) in [6.45, 7) is 5.81. The minimum Gasteiger partial charge on any atom is -0.329 e. The van der Waals surface area contributed by atoms with E-state index in [9.17, 15) is 0 Å². The highest BCUT2D eigenvalue weighted by Gasteiger charge is 2.35. The van der Waals surface area contributed by atoms with Crippen molar-refractivity contribution in [1.82, 2.24) is 9.78 Å². The summed E-state index contributed by atoms with van der Waals surface area (Å²) in [4.78, 5) is 0. The summed E-state index contributed by atoms with van der Waals surface area (Å²) in [6.07, 6.45) is 4.30. The molecule has 3 nitrogen and oxygen atoms in total. The molecule has 1 aromatic rings. The molecule has 1 fully saturated rings. The van der Waals surface area contributed by atoms with Crippen molar-refractivity contribution in [2.75, 3.05) is 12.3 Å². The van der Waals surface area contributed by atoms with E-state index in [1.165, 1.54) is 24.3 Å². The maximum atomic E-state index is 6.47. The van der Waals surface area contributed by atoms with Crippen LogP contribution in [-0.2, 0) is 19.4 Å². The molecule has 0 saturated carbocycles. The molecule has 1 unspecified atom stereocenters. The highest BCUT2D eigenvalue weighted by molar-refractivity contribution is 8.00. The first-order valence-electron chi connectivity index (χ1n) is 6.74. The second-order valence-electron chi connectivity index (χ2n) is 4.89. The molecule has 2 rings (SSSR count). The Morgan fingerprint density at radius 2 is 2.28 bits per heavy atom. The minimum absolute atomic E-state index is 0.182. The van der Waals surface area contributed by atoms with Gasteiger partial charge in [-0.05, 0) is 31.9 Å². The molecule has 0 aliphatic carbocycles. The molecular weight excluding hydrogens is 266 g/mol. The summed E-state index contributed by atoms with van der Waals surface area (Å²) in [7, 11) is 0. The van der Waals surface area contributed by atoms with E-state index in [0.717, 1.165) is 36.6 Å². The van der Waals surface area contributed by atoms with Crippen molar-refractivity contribution in [3.8, 4) is 0 Å². The van der Waals surface area contributed by atoms with E-state index < -0.39 is 0 Å². The average Bonchev–Trinajstić information content (AvgIpc) is 2.97. The molecule has 102 valence electrons. The number of hydrogen-bond donors (Lipinski definition) is 1. The molecule has 18 heavy (non-hydrogen) atoms. The van der Waals surface area contributed by atoms with Crippen molar-refractivity contribution in [1.29, 1.82) is 0 Å². The topological polar surface area (TPSA) is 43.8 Å². The Kier molecular flexibility index (Phi) is 4.62. The van der Waals surface area contributed by atoms with E-state index in [4.69, 9.17) is 17.3 Å². The number of rotatable bonds is 5. The van der Waals surface area contributed by atoms with Crippen LogP contribution in [0.25, 0.3) is 0 Å². The molecule has 2 heterocycles. The molecule has 2 N–H and O–H groups in total. The van der Waals surface area contributed by atoms with Crippen molar-refractivity contribution in [3.63, 3.8) is 0 Å². The van der Waals surface area contributed by atoms with Crippen molar-refractivity contribution in [3.05, 3.63) is 16.4 Å². The Morgan fingerprint density at radius 1 is 1.50 bits per heavy atom. The maximum Gasteiger partial charge on any atom is 0.0850 e. The predicted octanol–water partition coefficient (Wildman–Crippen LogP) is 2.89. The normalized spacial score (nSPS) is 23.8. The second-order valence-corrected chi connectivity index (χ2v) is 6.83. The third-order valence-electron chi connectivity index (χ3n) is 3.74. The molecule has 0 radical (unpaired) electrons. The Balaban J connectivity index is 2.29. The number of halogens is 1. The molecule has 0 amide bonds. The van der Waals surface area contributed by atoms with E-state index in [1.807, 2.05) is 11.8 Å². The number of aromatic nitrogens is 2. The Labute approximate surface area is 118 Å². The standard InChI is InChI=1S/C13H22ClN3S/c1-3-10-12(14)11(17(4-2)16-10)8-13(9-15)6-5-7-18-13/h3-9,15H2,1-2H3. The lowest BCUT2D eigenvalue weighted by atomic mass is 9.97. The van der Waals surface area contributed by atoms with Gasteiger partial charge in [-0.1, -0.05) is 18.5 Å². The molecule has 1 aromatic heterocycles. The lowest BCUT2D eigenvalue weighted by Gasteiger charge is -2.26. The number of nitrogens with two attached hydrogens (primary N) is 1. The van der Waals surface area contributed by atoms with E-state index >= 15 is 0 Å². The fourth-order valence-corrected chi connectivity index (χ4v) is 4.32. The van der Waals surface area contributed by atoms with E-state index in [-0.39, 0.29) is 4.75 Å². The summed E-state index contributed by atoms with van der Waals surface area (Å²) in [5, 5.41) is 5.45. The molecule has 1 aliphatic heterocycles. The third kappa shape index (κ3) is 2.56. The summed E-state index contributed by atoms with van der Waals surface area (Å²) < 4.78 is 2.24. The molecule has 1 atom stereocenters. The van der Waals surface area contributed by atoms with Gasteiger partial charge in [-0.2, -0.15) is 16.9 Å². The van der Waals surface area contributed by atoms with Crippen LogP contribution in [0.2, 0.25) is 5.02 Å². The van der Waals surface area contributed by atoms with Crippen molar-refractivity contribution < 1.29 is 0 Å². The predicted molar refractivity (Wildman–Crippen MR) is 79.5 cm³/mol. The van der Waals surface area contributed by atoms with Gasteiger partial charge < -0.3 is 5.73 Å². The maximum absolute atomic E-state index is 6.47. The average molecular weight is 288 g/mol. The van der Waals surface area contributed by atoms with Gasteiger partial charge >= 0.3 is 0 Å². The monoisotopic (exact) mass is 287 g/mol. The van der Waals surface area contributed by atoms with Crippen LogP contribution in [0.15, 0.2) is 0 Å². The number of nitrogens with zero attached hydrogens (tertiary/aromatic N) is 2. The minimum atomic E-state index is 0.182. The van der Waals surface area contributed by atoms with Gasteiger partial charge in [0.05, 0.1) is 16.4 Å². The summed E-state index contributed by atoms with van der Waals surface area (Å²) >= 11 is 8.48. The van der Waals surface area contributed by atoms with Gasteiger partial charge in [-0.25, -0.2) is 0 Å². The van der Waals surface area contributed by atoms with Gasteiger partial charge in [0.15, 0.2) is 0 Å². The van der Waals surface area contributed by atoms with Crippen LogP contribution in [0.3, 0.4) is 0 Å². The quantitative estimate of drug-likeness (QED) is 0.906. The number of hydrogen-bond acceptors (Lipinski definition) is 3. The fourth-order valence-electron chi connectivity index (χ4n) is 2.62. The van der Waals surface area contributed by atoms with Gasteiger partial charge in [0.1, 0.15) is 0 Å². The van der Waals surface area contributed by atoms with Crippen LogP contribution < -0.4 is 5.73 Å². The Bertz CT molecular complexity index is 411. The third-order valence-corrected chi connectivity index (χ3v) is 5.80. The van der Waals surface area contributed by atoms with Crippen LogP contribution in [0.5, 0.6) is 0 Å². The molecule has 0 bridgehead atoms. The first-order valence-corrected chi connectivity index (χ1v) is 8.10. The van der Waals surface area contributed by atoms with Crippen LogP contribution in [0.4, 0.5) is 0 Å². The van der Waals surface area contributed by atoms with Crippen molar-refractivity contribution in [2.45, 2.75) is 50.8 Å². The first-order chi connectivity index (χ1) is 8.65.